The Hall–Kier alpha value is -0.160. The Bertz CT molecular complexity index is 217. The number of hydrogen-bond acceptors (Lipinski definition) is 4. The first-order valence-corrected chi connectivity index (χ1v) is 6.37. The van der Waals surface area contributed by atoms with Gasteiger partial charge in [-0.1, -0.05) is 0 Å². The van der Waals surface area contributed by atoms with Crippen molar-refractivity contribution in [1.82, 2.24) is 9.80 Å². The van der Waals surface area contributed by atoms with Crippen LogP contribution in [0.2, 0.25) is 0 Å². The fourth-order valence-corrected chi connectivity index (χ4v) is 3.14. The SMILES string of the molecule is COC(O)N1CCCC1C1CCN(C)CC1. The molecule has 2 atom stereocenters. The highest BCUT2D eigenvalue weighted by Gasteiger charge is 2.36. The third-order valence-electron chi connectivity index (χ3n) is 4.14. The van der Waals surface area contributed by atoms with Crippen molar-refractivity contribution < 1.29 is 9.84 Å². The molecule has 0 aromatic rings. The van der Waals surface area contributed by atoms with Crippen molar-refractivity contribution in [3.05, 3.63) is 0 Å². The Kier molecular flexibility index (Phi) is 4.19. The molecule has 2 aliphatic rings. The van der Waals surface area contributed by atoms with E-state index in [-0.39, 0.29) is 0 Å². The fraction of sp³-hybridized carbons (Fsp3) is 1.00. The maximum Gasteiger partial charge on any atom is 0.216 e. The number of hydrogen-bond donors (Lipinski definition) is 1. The molecule has 0 aliphatic carbocycles. The lowest BCUT2D eigenvalue weighted by Gasteiger charge is -2.38. The molecule has 2 rings (SSSR count). The van der Waals surface area contributed by atoms with Gasteiger partial charge in [-0.25, -0.2) is 0 Å². The van der Waals surface area contributed by atoms with Crippen molar-refractivity contribution in [2.75, 3.05) is 33.8 Å². The molecular formula is C12H24N2O2. The molecule has 1 N–H and O–H groups in total. The van der Waals surface area contributed by atoms with Crippen LogP contribution in [-0.2, 0) is 4.74 Å². The minimum atomic E-state index is -0.702. The summed E-state index contributed by atoms with van der Waals surface area (Å²) in [6.07, 6.45) is 4.22. The molecule has 2 heterocycles. The second-order valence-electron chi connectivity index (χ2n) is 5.15. The summed E-state index contributed by atoms with van der Waals surface area (Å²) in [5, 5.41) is 9.80. The van der Waals surface area contributed by atoms with Crippen LogP contribution in [0.25, 0.3) is 0 Å². The van der Waals surface area contributed by atoms with Crippen molar-refractivity contribution in [2.45, 2.75) is 38.1 Å². The molecular weight excluding hydrogens is 204 g/mol. The first kappa shape index (κ1) is 12.3. The van der Waals surface area contributed by atoms with Crippen molar-refractivity contribution in [2.24, 2.45) is 5.92 Å². The van der Waals surface area contributed by atoms with E-state index in [0.29, 0.717) is 6.04 Å². The van der Waals surface area contributed by atoms with Crippen LogP contribution in [0.4, 0.5) is 0 Å². The van der Waals surface area contributed by atoms with E-state index in [9.17, 15) is 5.11 Å². The fourth-order valence-electron chi connectivity index (χ4n) is 3.14. The van der Waals surface area contributed by atoms with Crippen LogP contribution in [0.5, 0.6) is 0 Å². The summed E-state index contributed by atoms with van der Waals surface area (Å²) >= 11 is 0. The Morgan fingerprint density at radius 3 is 2.50 bits per heavy atom. The lowest BCUT2D eigenvalue weighted by Crippen LogP contribution is -2.46. The number of rotatable bonds is 3. The number of aliphatic hydroxyl groups excluding tert-OH is 1. The van der Waals surface area contributed by atoms with Gasteiger partial charge in [-0.15, -0.1) is 0 Å². The van der Waals surface area contributed by atoms with Gasteiger partial charge in [0.2, 0.25) is 6.41 Å². The molecule has 16 heavy (non-hydrogen) atoms. The molecule has 0 spiro atoms. The van der Waals surface area contributed by atoms with Crippen molar-refractivity contribution >= 4 is 0 Å². The first-order valence-electron chi connectivity index (χ1n) is 6.37. The van der Waals surface area contributed by atoms with Crippen molar-refractivity contribution in [3.63, 3.8) is 0 Å². The van der Waals surface area contributed by atoms with Crippen LogP contribution in [0.3, 0.4) is 0 Å². The van der Waals surface area contributed by atoms with E-state index in [1.54, 1.807) is 7.11 Å². The third kappa shape index (κ3) is 2.56. The average Bonchev–Trinajstić information content (AvgIpc) is 2.78. The van der Waals surface area contributed by atoms with Crippen LogP contribution in [0.1, 0.15) is 25.7 Å². The smallest absolute Gasteiger partial charge is 0.216 e. The largest absolute Gasteiger partial charge is 0.356 e. The Labute approximate surface area is 98.2 Å². The van der Waals surface area contributed by atoms with Crippen LogP contribution in [-0.4, -0.2) is 61.2 Å². The second-order valence-corrected chi connectivity index (χ2v) is 5.15. The molecule has 2 saturated heterocycles. The van der Waals surface area contributed by atoms with Gasteiger partial charge in [0.15, 0.2) is 0 Å². The lowest BCUT2D eigenvalue weighted by molar-refractivity contribution is -0.187. The van der Waals surface area contributed by atoms with Gasteiger partial charge in [0, 0.05) is 19.7 Å². The standard InChI is InChI=1S/C12H24N2O2/c1-13-8-5-10(6-9-13)11-4-3-7-14(11)12(15)16-2/h10-12,15H,3-9H2,1-2H3. The van der Waals surface area contributed by atoms with Crippen molar-refractivity contribution in [3.8, 4) is 0 Å². The zero-order chi connectivity index (χ0) is 11.5. The Balaban J connectivity index is 1.92. The summed E-state index contributed by atoms with van der Waals surface area (Å²) in [6.45, 7) is 3.36. The highest BCUT2D eigenvalue weighted by Crippen LogP contribution is 2.31. The van der Waals surface area contributed by atoms with E-state index >= 15 is 0 Å². The van der Waals surface area contributed by atoms with Crippen LogP contribution >= 0.6 is 0 Å². The zero-order valence-corrected chi connectivity index (χ0v) is 10.4. The topological polar surface area (TPSA) is 35.9 Å². The number of methoxy groups -OCH3 is 1. The molecule has 4 heteroatoms. The molecule has 0 bridgehead atoms. The van der Waals surface area contributed by atoms with Gasteiger partial charge in [0.1, 0.15) is 0 Å². The molecule has 0 amide bonds. The highest BCUT2D eigenvalue weighted by molar-refractivity contribution is 4.87. The predicted octanol–water partition coefficient (Wildman–Crippen LogP) is 0.715. The van der Waals surface area contributed by atoms with Crippen molar-refractivity contribution in [1.29, 1.82) is 0 Å². The zero-order valence-electron chi connectivity index (χ0n) is 10.4. The van der Waals surface area contributed by atoms with Gasteiger partial charge < -0.3 is 14.7 Å². The van der Waals surface area contributed by atoms with Crippen LogP contribution < -0.4 is 0 Å². The maximum atomic E-state index is 9.80. The molecule has 0 aromatic carbocycles. The van der Waals surface area contributed by atoms with Crippen LogP contribution in [0, 0.1) is 5.92 Å². The summed E-state index contributed by atoms with van der Waals surface area (Å²) in [7, 11) is 3.77. The van der Waals surface area contributed by atoms with Gasteiger partial charge in [-0.3, -0.25) is 4.90 Å². The molecule has 2 fully saturated rings. The van der Waals surface area contributed by atoms with Crippen LogP contribution in [0.15, 0.2) is 0 Å². The van der Waals surface area contributed by atoms with E-state index < -0.39 is 6.41 Å². The minimum absolute atomic E-state index is 0.531. The second kappa shape index (κ2) is 5.45. The first-order chi connectivity index (χ1) is 7.72. The quantitative estimate of drug-likeness (QED) is 0.722. The summed E-state index contributed by atoms with van der Waals surface area (Å²) in [4.78, 5) is 4.53. The average molecular weight is 228 g/mol. The number of aliphatic hydroxyl groups is 1. The summed E-state index contributed by atoms with van der Waals surface area (Å²) in [5.74, 6) is 0.739. The molecule has 2 aliphatic heterocycles. The molecule has 4 nitrogen and oxygen atoms in total. The lowest BCUT2D eigenvalue weighted by atomic mass is 9.88. The molecule has 0 radical (unpaired) electrons. The van der Waals surface area contributed by atoms with Gasteiger partial charge in [0.05, 0.1) is 0 Å². The number of likely N-dealkylation sites (tertiary alicyclic amines) is 2. The summed E-state index contributed by atoms with van der Waals surface area (Å²) in [6, 6.07) is 0.531. The molecule has 94 valence electrons. The Morgan fingerprint density at radius 1 is 1.19 bits per heavy atom. The number of nitrogens with zero attached hydrogens (tertiary/aromatic N) is 2. The monoisotopic (exact) mass is 228 g/mol. The van der Waals surface area contributed by atoms with Gasteiger partial charge in [-0.2, -0.15) is 0 Å². The third-order valence-corrected chi connectivity index (χ3v) is 4.14. The normalized spacial score (nSPS) is 32.1. The van der Waals surface area contributed by atoms with E-state index in [1.807, 2.05) is 0 Å². The van der Waals surface area contributed by atoms with Gasteiger partial charge in [-0.05, 0) is 51.7 Å². The predicted molar refractivity (Wildman–Crippen MR) is 63.0 cm³/mol. The number of ether oxygens (including phenoxy) is 1. The molecule has 0 aromatic heterocycles. The summed E-state index contributed by atoms with van der Waals surface area (Å²) in [5.41, 5.74) is 0. The van der Waals surface area contributed by atoms with E-state index in [2.05, 4.69) is 16.8 Å². The Morgan fingerprint density at radius 2 is 1.88 bits per heavy atom. The number of piperidine rings is 1. The minimum Gasteiger partial charge on any atom is -0.356 e. The molecule has 2 unspecified atom stereocenters. The van der Waals surface area contributed by atoms with Gasteiger partial charge >= 0.3 is 0 Å². The van der Waals surface area contributed by atoms with E-state index in [1.165, 1.54) is 38.8 Å². The van der Waals surface area contributed by atoms with Gasteiger partial charge in [0.25, 0.3) is 0 Å². The maximum absolute atomic E-state index is 9.80. The molecule has 0 saturated carbocycles. The highest BCUT2D eigenvalue weighted by atomic mass is 16.6. The van der Waals surface area contributed by atoms with E-state index in [4.69, 9.17) is 4.74 Å². The van der Waals surface area contributed by atoms with E-state index in [0.717, 1.165) is 12.5 Å². The summed E-state index contributed by atoms with van der Waals surface area (Å²) < 4.78 is 5.05.